The lowest BCUT2D eigenvalue weighted by Crippen LogP contribution is -2.36. The quantitative estimate of drug-likeness (QED) is 0.391. The van der Waals surface area contributed by atoms with Gasteiger partial charge in [0.2, 0.25) is 0 Å². The van der Waals surface area contributed by atoms with Gasteiger partial charge in [-0.1, -0.05) is 19.9 Å². The fraction of sp³-hybridized carbons (Fsp3) is 0.286. The SMILES string of the molecule is CC(C)c1c(C#N)cccc1C(=O)Nc1ccc(C=N)c(Nc2ccnc([C@@H]3COCCN3C)c2)c1.[HH]. The molecule has 1 aliphatic heterocycles. The number of morpholine rings is 1. The number of amides is 1. The smallest absolute Gasteiger partial charge is 0.255 e. The Bertz CT molecular complexity index is 1320. The second-order valence-electron chi connectivity index (χ2n) is 9.10. The second-order valence-corrected chi connectivity index (χ2v) is 9.10. The van der Waals surface area contributed by atoms with Crippen LogP contribution in [-0.4, -0.2) is 48.8 Å². The maximum Gasteiger partial charge on any atom is 0.255 e. The largest absolute Gasteiger partial charge is 0.378 e. The van der Waals surface area contributed by atoms with Crippen LogP contribution in [0.1, 0.15) is 60.0 Å². The Balaban J connectivity index is 0.00000380. The highest BCUT2D eigenvalue weighted by atomic mass is 16.5. The van der Waals surface area contributed by atoms with E-state index in [1.165, 1.54) is 6.21 Å². The standard InChI is InChI=1S/C28H30N6O2.H2/c1-18(2)27-20(16-30)5-4-6-23(27)28(35)33-21-8-7-19(15-29)24(13-21)32-22-9-10-31-25(14-22)26-17-36-12-11-34(26)3;/h4-10,13-15,18,26,29H,11-12,17H2,1-3H3,(H,31,32)(H,33,35);1H/t26-;/m0./s1. The van der Waals surface area contributed by atoms with Crippen LogP contribution in [0.25, 0.3) is 0 Å². The van der Waals surface area contributed by atoms with Gasteiger partial charge in [0.05, 0.1) is 36.6 Å². The number of likely N-dealkylation sites (N-methyl/N-ethyl adjacent to an activating group) is 1. The van der Waals surface area contributed by atoms with Crippen molar-refractivity contribution in [1.82, 2.24) is 9.88 Å². The summed E-state index contributed by atoms with van der Waals surface area (Å²) in [6.45, 7) is 6.08. The molecule has 0 aliphatic carbocycles. The number of aromatic nitrogens is 1. The van der Waals surface area contributed by atoms with Crippen LogP contribution < -0.4 is 10.6 Å². The van der Waals surface area contributed by atoms with Crippen molar-refractivity contribution in [3.05, 3.63) is 82.7 Å². The third kappa shape index (κ3) is 5.43. The molecule has 36 heavy (non-hydrogen) atoms. The first-order chi connectivity index (χ1) is 17.4. The van der Waals surface area contributed by atoms with E-state index in [2.05, 4.69) is 33.6 Å². The molecule has 2 heterocycles. The average Bonchev–Trinajstić information content (AvgIpc) is 2.88. The highest BCUT2D eigenvalue weighted by Crippen LogP contribution is 2.29. The van der Waals surface area contributed by atoms with Crippen molar-refractivity contribution in [3.63, 3.8) is 0 Å². The van der Waals surface area contributed by atoms with Crippen molar-refractivity contribution in [1.29, 1.82) is 10.7 Å². The maximum atomic E-state index is 13.2. The van der Waals surface area contributed by atoms with Gasteiger partial charge in [-0.25, -0.2) is 0 Å². The van der Waals surface area contributed by atoms with Crippen LogP contribution in [0.5, 0.6) is 0 Å². The summed E-state index contributed by atoms with van der Waals surface area (Å²) < 4.78 is 5.64. The second kappa shape index (κ2) is 11.1. The molecule has 1 aromatic heterocycles. The Morgan fingerprint density at radius 3 is 2.83 bits per heavy atom. The zero-order valence-corrected chi connectivity index (χ0v) is 20.7. The predicted octanol–water partition coefficient (Wildman–Crippen LogP) is 5.32. The minimum atomic E-state index is -0.282. The van der Waals surface area contributed by atoms with E-state index in [0.717, 1.165) is 23.5 Å². The summed E-state index contributed by atoms with van der Waals surface area (Å²) >= 11 is 0. The van der Waals surface area contributed by atoms with Crippen molar-refractivity contribution < 1.29 is 11.0 Å². The van der Waals surface area contributed by atoms with E-state index in [9.17, 15) is 10.1 Å². The average molecular weight is 485 g/mol. The summed E-state index contributed by atoms with van der Waals surface area (Å²) in [6.07, 6.45) is 3.03. The number of nitrogens with one attached hydrogen (secondary N) is 3. The van der Waals surface area contributed by atoms with Crippen LogP contribution in [0.4, 0.5) is 17.1 Å². The normalized spacial score (nSPS) is 15.8. The van der Waals surface area contributed by atoms with Crippen LogP contribution >= 0.6 is 0 Å². The zero-order chi connectivity index (χ0) is 25.7. The highest BCUT2D eigenvalue weighted by molar-refractivity contribution is 6.06. The molecule has 186 valence electrons. The first-order valence-electron chi connectivity index (χ1n) is 11.9. The van der Waals surface area contributed by atoms with Gasteiger partial charge in [-0.3, -0.25) is 14.7 Å². The van der Waals surface area contributed by atoms with E-state index < -0.39 is 0 Å². The van der Waals surface area contributed by atoms with Crippen molar-refractivity contribution in [2.24, 2.45) is 0 Å². The summed E-state index contributed by atoms with van der Waals surface area (Å²) in [6, 6.07) is 16.7. The topological polar surface area (TPSA) is 114 Å². The van der Waals surface area contributed by atoms with Crippen molar-refractivity contribution in [2.75, 3.05) is 37.4 Å². The minimum Gasteiger partial charge on any atom is -0.378 e. The number of pyridine rings is 1. The van der Waals surface area contributed by atoms with Gasteiger partial charge in [0.25, 0.3) is 5.91 Å². The van der Waals surface area contributed by atoms with Crippen LogP contribution in [0.2, 0.25) is 0 Å². The van der Waals surface area contributed by atoms with Gasteiger partial charge in [0.1, 0.15) is 0 Å². The molecule has 8 heteroatoms. The van der Waals surface area contributed by atoms with Crippen LogP contribution in [0.15, 0.2) is 54.7 Å². The molecule has 2 aromatic carbocycles. The summed E-state index contributed by atoms with van der Waals surface area (Å²) in [7, 11) is 2.06. The number of anilines is 3. The molecule has 0 bridgehead atoms. The van der Waals surface area contributed by atoms with Crippen molar-refractivity contribution in [3.8, 4) is 6.07 Å². The Morgan fingerprint density at radius 1 is 1.28 bits per heavy atom. The molecule has 1 aliphatic rings. The molecule has 1 saturated heterocycles. The number of hydrogen-bond acceptors (Lipinski definition) is 7. The summed E-state index contributed by atoms with van der Waals surface area (Å²) in [5.74, 6) is -0.260. The monoisotopic (exact) mass is 484 g/mol. The number of carbonyl (C=O) groups excluding carboxylic acids is 1. The molecule has 1 fully saturated rings. The van der Waals surface area contributed by atoms with Gasteiger partial charge in [0.15, 0.2) is 0 Å². The number of carbonyl (C=O) groups is 1. The number of rotatable bonds is 7. The third-order valence-electron chi connectivity index (χ3n) is 6.31. The summed E-state index contributed by atoms with van der Waals surface area (Å²) in [4.78, 5) is 19.9. The molecule has 3 aromatic rings. The first-order valence-corrected chi connectivity index (χ1v) is 11.9. The van der Waals surface area contributed by atoms with E-state index in [-0.39, 0.29) is 19.3 Å². The van der Waals surface area contributed by atoms with Crippen molar-refractivity contribution >= 4 is 29.2 Å². The summed E-state index contributed by atoms with van der Waals surface area (Å²) in [5, 5.41) is 23.6. The first kappa shape index (κ1) is 25.0. The maximum absolute atomic E-state index is 13.2. The van der Waals surface area contributed by atoms with E-state index in [1.807, 2.05) is 26.0 Å². The van der Waals surface area contributed by atoms with Gasteiger partial charge in [-0.2, -0.15) is 5.26 Å². The molecule has 0 spiro atoms. The number of hydrogen-bond donors (Lipinski definition) is 3. The third-order valence-corrected chi connectivity index (χ3v) is 6.31. The fourth-order valence-electron chi connectivity index (χ4n) is 4.41. The Kier molecular flexibility index (Phi) is 7.74. The van der Waals surface area contributed by atoms with E-state index >= 15 is 0 Å². The zero-order valence-electron chi connectivity index (χ0n) is 20.7. The van der Waals surface area contributed by atoms with Crippen LogP contribution in [-0.2, 0) is 4.74 Å². The molecule has 0 radical (unpaired) electrons. The molecule has 1 atom stereocenters. The summed E-state index contributed by atoms with van der Waals surface area (Å²) in [5.41, 5.74) is 5.39. The predicted molar refractivity (Wildman–Crippen MR) is 143 cm³/mol. The minimum absolute atomic E-state index is 0. The van der Waals surface area contributed by atoms with Gasteiger partial charge < -0.3 is 20.8 Å². The molecule has 0 unspecified atom stereocenters. The highest BCUT2D eigenvalue weighted by Gasteiger charge is 2.23. The Morgan fingerprint density at radius 2 is 2.11 bits per heavy atom. The number of nitriles is 1. The number of nitrogens with zero attached hydrogens (tertiary/aromatic N) is 3. The lowest BCUT2D eigenvalue weighted by molar-refractivity contribution is 0.00354. The molecular weight excluding hydrogens is 452 g/mol. The van der Waals surface area contributed by atoms with Crippen molar-refractivity contribution in [2.45, 2.75) is 25.8 Å². The van der Waals surface area contributed by atoms with E-state index in [0.29, 0.717) is 41.3 Å². The molecule has 8 nitrogen and oxygen atoms in total. The lowest BCUT2D eigenvalue weighted by atomic mass is 9.92. The Hall–Kier alpha value is -4.06. The van der Waals surface area contributed by atoms with Gasteiger partial charge in [-0.15, -0.1) is 0 Å². The molecule has 4 rings (SSSR count). The molecule has 3 N–H and O–H groups in total. The van der Waals surface area contributed by atoms with Gasteiger partial charge >= 0.3 is 0 Å². The molecular formula is C28H32N6O2. The van der Waals surface area contributed by atoms with Gasteiger partial charge in [0, 0.05) is 48.6 Å². The molecule has 1 amide bonds. The fourth-order valence-corrected chi connectivity index (χ4v) is 4.41. The lowest BCUT2D eigenvalue weighted by Gasteiger charge is -2.32. The molecule has 0 saturated carbocycles. The van der Waals surface area contributed by atoms with E-state index in [1.54, 1.807) is 42.6 Å². The Labute approximate surface area is 212 Å². The van der Waals surface area contributed by atoms with E-state index in [4.69, 9.17) is 10.1 Å². The van der Waals surface area contributed by atoms with Gasteiger partial charge in [-0.05, 0) is 61.0 Å². The van der Waals surface area contributed by atoms with Crippen LogP contribution in [0.3, 0.4) is 0 Å². The van der Waals surface area contributed by atoms with Crippen LogP contribution in [0, 0.1) is 16.7 Å². The number of benzene rings is 2. The number of ether oxygens (including phenoxy) is 1.